The Morgan fingerprint density at radius 3 is 2.57 bits per heavy atom. The molecule has 124 valence electrons. The smallest absolute Gasteiger partial charge is 0.306 e. The van der Waals surface area contributed by atoms with Gasteiger partial charge in [0.25, 0.3) is 0 Å². The van der Waals surface area contributed by atoms with Gasteiger partial charge in [0.2, 0.25) is 5.91 Å². The normalized spacial score (nSPS) is 30.3. The Labute approximate surface area is 137 Å². The van der Waals surface area contributed by atoms with Crippen LogP contribution in [0.15, 0.2) is 24.3 Å². The molecule has 0 spiro atoms. The molecular weight excluding hydrogens is 290 g/mol. The van der Waals surface area contributed by atoms with Gasteiger partial charge in [-0.3, -0.25) is 9.59 Å². The highest BCUT2D eigenvalue weighted by Crippen LogP contribution is 2.37. The van der Waals surface area contributed by atoms with Crippen LogP contribution >= 0.6 is 0 Å². The van der Waals surface area contributed by atoms with Crippen LogP contribution in [0.1, 0.15) is 56.6 Å². The van der Waals surface area contributed by atoms with E-state index >= 15 is 0 Å². The number of benzene rings is 1. The van der Waals surface area contributed by atoms with E-state index in [1.54, 1.807) is 0 Å². The molecule has 2 N–H and O–H groups in total. The molecule has 23 heavy (non-hydrogen) atoms. The monoisotopic (exact) mass is 315 g/mol. The summed E-state index contributed by atoms with van der Waals surface area (Å²) in [6, 6.07) is 8.36. The van der Waals surface area contributed by atoms with E-state index in [0.29, 0.717) is 12.8 Å². The van der Waals surface area contributed by atoms with Crippen LogP contribution in [0.3, 0.4) is 0 Å². The number of carboxylic acids is 1. The van der Waals surface area contributed by atoms with Crippen molar-refractivity contribution in [3.63, 3.8) is 0 Å². The number of carboxylic acid groups (broad SMARTS) is 1. The van der Waals surface area contributed by atoms with Gasteiger partial charge in [0.1, 0.15) is 0 Å². The number of nitrogens with one attached hydrogen (secondary N) is 1. The van der Waals surface area contributed by atoms with Crippen LogP contribution in [0, 0.1) is 5.92 Å². The van der Waals surface area contributed by atoms with Crippen LogP contribution in [-0.4, -0.2) is 23.0 Å². The molecular formula is C19H25NO3. The third kappa shape index (κ3) is 3.12. The predicted molar refractivity (Wildman–Crippen MR) is 88.3 cm³/mol. The topological polar surface area (TPSA) is 66.4 Å². The van der Waals surface area contributed by atoms with Gasteiger partial charge < -0.3 is 10.4 Å². The van der Waals surface area contributed by atoms with Gasteiger partial charge in [0.15, 0.2) is 0 Å². The first-order valence-electron chi connectivity index (χ1n) is 8.63. The molecule has 4 nitrogen and oxygen atoms in total. The van der Waals surface area contributed by atoms with Crippen LogP contribution in [-0.2, 0) is 21.4 Å². The molecule has 2 aliphatic rings. The number of hydrogen-bond acceptors (Lipinski definition) is 2. The van der Waals surface area contributed by atoms with Crippen molar-refractivity contribution in [3.05, 3.63) is 35.4 Å². The van der Waals surface area contributed by atoms with Gasteiger partial charge in [0, 0.05) is 6.04 Å². The van der Waals surface area contributed by atoms with Crippen molar-refractivity contribution >= 4 is 11.9 Å². The molecule has 1 saturated carbocycles. The fourth-order valence-electron chi connectivity index (χ4n) is 4.11. The van der Waals surface area contributed by atoms with Crippen molar-refractivity contribution in [2.75, 3.05) is 0 Å². The maximum atomic E-state index is 12.9. The first kappa shape index (κ1) is 16.0. The van der Waals surface area contributed by atoms with E-state index in [2.05, 4.69) is 17.4 Å². The van der Waals surface area contributed by atoms with Gasteiger partial charge in [-0.05, 0) is 63.0 Å². The lowest BCUT2D eigenvalue weighted by atomic mass is 9.70. The summed E-state index contributed by atoms with van der Waals surface area (Å²) in [5.41, 5.74) is 1.98. The largest absolute Gasteiger partial charge is 0.481 e. The average molecular weight is 315 g/mol. The van der Waals surface area contributed by atoms with Crippen LogP contribution in [0.25, 0.3) is 0 Å². The highest BCUT2D eigenvalue weighted by molar-refractivity contribution is 5.88. The van der Waals surface area contributed by atoms with E-state index in [-0.39, 0.29) is 17.9 Å². The Hall–Kier alpha value is -1.84. The summed E-state index contributed by atoms with van der Waals surface area (Å²) in [5, 5.41) is 12.3. The van der Waals surface area contributed by atoms with Crippen molar-refractivity contribution in [3.8, 4) is 0 Å². The lowest BCUT2D eigenvalue weighted by Crippen LogP contribution is -2.49. The van der Waals surface area contributed by atoms with Crippen molar-refractivity contribution in [1.82, 2.24) is 5.32 Å². The minimum absolute atomic E-state index is 0.100. The summed E-state index contributed by atoms with van der Waals surface area (Å²) in [7, 11) is 0. The lowest BCUT2D eigenvalue weighted by Gasteiger charge is -2.37. The molecule has 0 aromatic heterocycles. The molecule has 1 fully saturated rings. The van der Waals surface area contributed by atoms with Gasteiger partial charge in [0.05, 0.1) is 11.3 Å². The van der Waals surface area contributed by atoms with Crippen molar-refractivity contribution in [2.45, 2.75) is 63.3 Å². The van der Waals surface area contributed by atoms with Crippen LogP contribution in [0.2, 0.25) is 0 Å². The average Bonchev–Trinajstić information content (AvgIpc) is 2.56. The first-order valence-corrected chi connectivity index (χ1v) is 8.63. The molecule has 1 atom stereocenters. The molecule has 1 amide bonds. The molecule has 0 heterocycles. The number of fused-ring (bicyclic) bond motifs is 1. The quantitative estimate of drug-likeness (QED) is 0.901. The summed E-state index contributed by atoms with van der Waals surface area (Å²) in [6.07, 6.45) is 5.80. The van der Waals surface area contributed by atoms with E-state index in [0.717, 1.165) is 37.7 Å². The maximum Gasteiger partial charge on any atom is 0.306 e. The van der Waals surface area contributed by atoms with E-state index in [4.69, 9.17) is 5.11 Å². The Morgan fingerprint density at radius 2 is 1.87 bits per heavy atom. The van der Waals surface area contributed by atoms with Gasteiger partial charge in [-0.25, -0.2) is 0 Å². The fraction of sp³-hybridized carbons (Fsp3) is 0.579. The second-order valence-corrected chi connectivity index (χ2v) is 7.20. The molecule has 1 unspecified atom stereocenters. The number of carbonyl (C=O) groups excluding carboxylic acids is 1. The third-order valence-corrected chi connectivity index (χ3v) is 5.65. The van der Waals surface area contributed by atoms with E-state index < -0.39 is 11.4 Å². The Morgan fingerprint density at radius 1 is 1.17 bits per heavy atom. The molecule has 1 aromatic carbocycles. The standard InChI is InChI=1S/C19H25NO3/c1-19(12-4-6-13-5-2-3-7-16(13)19)18(23)20-15-10-8-14(9-11-15)17(21)22/h2-3,5,7,14-15H,4,6,8-12H2,1H3,(H,20,23)(H,21,22). The predicted octanol–water partition coefficient (Wildman–Crippen LogP) is 3.04. The van der Waals surface area contributed by atoms with E-state index in [1.807, 2.05) is 19.1 Å². The van der Waals surface area contributed by atoms with Gasteiger partial charge in [-0.15, -0.1) is 0 Å². The molecule has 0 radical (unpaired) electrons. The SMILES string of the molecule is CC1(C(=O)NC2CCC(C(=O)O)CC2)CCCc2ccccc21. The van der Waals surface area contributed by atoms with Gasteiger partial charge >= 0.3 is 5.97 Å². The minimum Gasteiger partial charge on any atom is -0.481 e. The summed E-state index contributed by atoms with van der Waals surface area (Å²) < 4.78 is 0. The molecule has 4 heteroatoms. The molecule has 3 rings (SSSR count). The summed E-state index contributed by atoms with van der Waals surface area (Å²) in [6.45, 7) is 2.04. The van der Waals surface area contributed by atoms with Gasteiger partial charge in [-0.2, -0.15) is 0 Å². The summed E-state index contributed by atoms with van der Waals surface area (Å²) in [5.74, 6) is -0.847. The number of hydrogen-bond donors (Lipinski definition) is 2. The van der Waals surface area contributed by atoms with Crippen molar-refractivity contribution in [2.24, 2.45) is 5.92 Å². The molecule has 1 aromatic rings. The zero-order valence-electron chi connectivity index (χ0n) is 13.7. The summed E-state index contributed by atoms with van der Waals surface area (Å²) >= 11 is 0. The molecule has 0 bridgehead atoms. The molecule has 2 aliphatic carbocycles. The number of amides is 1. The molecule has 0 aliphatic heterocycles. The zero-order valence-corrected chi connectivity index (χ0v) is 13.7. The fourth-order valence-corrected chi connectivity index (χ4v) is 4.11. The Kier molecular flexibility index (Phi) is 4.42. The van der Waals surface area contributed by atoms with Gasteiger partial charge in [-0.1, -0.05) is 24.3 Å². The zero-order chi connectivity index (χ0) is 16.4. The summed E-state index contributed by atoms with van der Waals surface area (Å²) in [4.78, 5) is 24.0. The first-order chi connectivity index (χ1) is 11.0. The highest BCUT2D eigenvalue weighted by Gasteiger charge is 2.40. The molecule has 0 saturated heterocycles. The number of rotatable bonds is 3. The lowest BCUT2D eigenvalue weighted by molar-refractivity contribution is -0.142. The second kappa shape index (κ2) is 6.34. The number of aryl methyl sites for hydroxylation is 1. The number of carbonyl (C=O) groups is 2. The van der Waals surface area contributed by atoms with Crippen LogP contribution in [0.4, 0.5) is 0 Å². The highest BCUT2D eigenvalue weighted by atomic mass is 16.4. The van der Waals surface area contributed by atoms with E-state index in [9.17, 15) is 9.59 Å². The second-order valence-electron chi connectivity index (χ2n) is 7.20. The Balaban J connectivity index is 1.68. The maximum absolute atomic E-state index is 12.9. The Bertz CT molecular complexity index is 604. The minimum atomic E-state index is -0.706. The van der Waals surface area contributed by atoms with E-state index in [1.165, 1.54) is 5.56 Å². The van der Waals surface area contributed by atoms with Crippen LogP contribution < -0.4 is 5.32 Å². The van der Waals surface area contributed by atoms with Crippen molar-refractivity contribution < 1.29 is 14.7 Å². The van der Waals surface area contributed by atoms with Crippen LogP contribution in [0.5, 0.6) is 0 Å². The number of aliphatic carboxylic acids is 1. The van der Waals surface area contributed by atoms with Crippen molar-refractivity contribution in [1.29, 1.82) is 0 Å². The third-order valence-electron chi connectivity index (χ3n) is 5.65.